The molecule has 2 rings (SSSR count). The van der Waals surface area contributed by atoms with Crippen LogP contribution in [0, 0.1) is 36.0 Å². The van der Waals surface area contributed by atoms with Crippen molar-refractivity contribution < 1.29 is 14.7 Å². The molecule has 23 heavy (non-hydrogen) atoms. The molecule has 0 radical (unpaired) electrons. The van der Waals surface area contributed by atoms with Crippen LogP contribution in [0.4, 0.5) is 0 Å². The third-order valence-electron chi connectivity index (χ3n) is 5.85. The zero-order valence-electron chi connectivity index (χ0n) is 14.5. The van der Waals surface area contributed by atoms with Gasteiger partial charge in [-0.1, -0.05) is 30.9 Å². The van der Waals surface area contributed by atoms with Crippen LogP contribution in [0.1, 0.15) is 53.4 Å². The molecule has 2 fully saturated rings. The van der Waals surface area contributed by atoms with Gasteiger partial charge in [-0.05, 0) is 51.4 Å². The van der Waals surface area contributed by atoms with Crippen molar-refractivity contribution in [3.63, 3.8) is 0 Å². The molecule has 2 aliphatic rings. The van der Waals surface area contributed by atoms with E-state index < -0.39 is 23.3 Å². The molecule has 4 nitrogen and oxygen atoms in total. The van der Waals surface area contributed by atoms with Crippen molar-refractivity contribution in [2.24, 2.45) is 23.7 Å². The van der Waals surface area contributed by atoms with Gasteiger partial charge in [0.05, 0.1) is 11.8 Å². The highest BCUT2D eigenvalue weighted by Gasteiger charge is 2.57. The summed E-state index contributed by atoms with van der Waals surface area (Å²) in [5.41, 5.74) is 1.68. The molecule has 126 valence electrons. The first-order valence-corrected chi connectivity index (χ1v) is 8.51. The fourth-order valence-electron chi connectivity index (χ4n) is 4.59. The number of amides is 1. The lowest BCUT2D eigenvalue weighted by Gasteiger charge is -2.32. The Morgan fingerprint density at radius 2 is 1.74 bits per heavy atom. The summed E-state index contributed by atoms with van der Waals surface area (Å²) in [4.78, 5) is 24.7. The molecule has 0 spiro atoms. The van der Waals surface area contributed by atoms with Gasteiger partial charge in [-0.25, -0.2) is 0 Å². The Morgan fingerprint density at radius 3 is 2.13 bits per heavy atom. The lowest BCUT2D eigenvalue weighted by Crippen LogP contribution is -2.51. The number of aliphatic carboxylic acids is 1. The number of carbonyl (C=O) groups is 2. The van der Waals surface area contributed by atoms with E-state index in [0.29, 0.717) is 12.8 Å². The predicted molar refractivity (Wildman–Crippen MR) is 89.5 cm³/mol. The molecule has 2 aliphatic carbocycles. The molecule has 0 saturated heterocycles. The highest BCUT2D eigenvalue weighted by Crippen LogP contribution is 2.57. The van der Waals surface area contributed by atoms with Crippen LogP contribution in [0.25, 0.3) is 0 Å². The van der Waals surface area contributed by atoms with Gasteiger partial charge in [0.2, 0.25) is 5.91 Å². The zero-order chi connectivity index (χ0) is 17.4. The third-order valence-corrected chi connectivity index (χ3v) is 5.85. The molecule has 4 heteroatoms. The summed E-state index contributed by atoms with van der Waals surface area (Å²) < 4.78 is 0. The van der Waals surface area contributed by atoms with E-state index in [0.717, 1.165) is 18.4 Å². The SMILES string of the molecule is C#CC(CC)(CC)NC(=O)[C@@H]1[C@@H](C(=O)O)[C@H]2CC[C@H]1C2=C(C)C. The quantitative estimate of drug-likeness (QED) is 0.605. The van der Waals surface area contributed by atoms with Crippen LogP contribution in [-0.2, 0) is 9.59 Å². The molecule has 0 aromatic carbocycles. The lowest BCUT2D eigenvalue weighted by atomic mass is 9.78. The van der Waals surface area contributed by atoms with Gasteiger partial charge in [-0.2, -0.15) is 0 Å². The van der Waals surface area contributed by atoms with Crippen molar-refractivity contribution >= 4 is 11.9 Å². The summed E-state index contributed by atoms with van der Waals surface area (Å²) in [5.74, 6) is 0.577. The van der Waals surface area contributed by atoms with Gasteiger partial charge in [0.25, 0.3) is 0 Å². The van der Waals surface area contributed by atoms with Gasteiger partial charge in [-0.15, -0.1) is 6.42 Å². The number of carboxylic acid groups (broad SMARTS) is 1. The normalized spacial score (nSPS) is 29.3. The summed E-state index contributed by atoms with van der Waals surface area (Å²) >= 11 is 0. The molecule has 0 unspecified atom stereocenters. The van der Waals surface area contributed by atoms with Crippen LogP contribution in [-0.4, -0.2) is 22.5 Å². The number of carboxylic acids is 1. The number of terminal acetylenes is 1. The number of hydrogen-bond donors (Lipinski definition) is 2. The summed E-state index contributed by atoms with van der Waals surface area (Å²) in [7, 11) is 0. The van der Waals surface area contributed by atoms with Crippen LogP contribution in [0.2, 0.25) is 0 Å². The van der Waals surface area contributed by atoms with E-state index in [1.54, 1.807) is 0 Å². The van der Waals surface area contributed by atoms with Crippen molar-refractivity contribution in [1.82, 2.24) is 5.32 Å². The molecular weight excluding hydrogens is 290 g/mol. The van der Waals surface area contributed by atoms with E-state index in [-0.39, 0.29) is 17.7 Å². The minimum absolute atomic E-state index is 0.00161. The van der Waals surface area contributed by atoms with Crippen LogP contribution in [0.5, 0.6) is 0 Å². The van der Waals surface area contributed by atoms with Gasteiger partial charge in [0.15, 0.2) is 0 Å². The van der Waals surface area contributed by atoms with Crippen molar-refractivity contribution in [3.8, 4) is 12.3 Å². The molecule has 4 atom stereocenters. The first kappa shape index (κ1) is 17.6. The molecule has 2 bridgehead atoms. The van der Waals surface area contributed by atoms with Crippen LogP contribution < -0.4 is 5.32 Å². The number of carbonyl (C=O) groups excluding carboxylic acids is 1. The maximum atomic E-state index is 12.9. The highest BCUT2D eigenvalue weighted by molar-refractivity contribution is 5.88. The fraction of sp³-hybridized carbons (Fsp3) is 0.684. The van der Waals surface area contributed by atoms with Gasteiger partial charge < -0.3 is 10.4 Å². The Morgan fingerprint density at radius 1 is 1.22 bits per heavy atom. The second-order valence-corrected chi connectivity index (χ2v) is 7.06. The monoisotopic (exact) mass is 317 g/mol. The number of hydrogen-bond acceptors (Lipinski definition) is 2. The number of nitrogens with one attached hydrogen (secondary N) is 1. The van der Waals surface area contributed by atoms with E-state index in [9.17, 15) is 14.7 Å². The van der Waals surface area contributed by atoms with Crippen LogP contribution >= 0.6 is 0 Å². The predicted octanol–water partition coefficient (Wildman–Crippen LogP) is 2.99. The first-order valence-electron chi connectivity index (χ1n) is 8.51. The van der Waals surface area contributed by atoms with E-state index in [4.69, 9.17) is 6.42 Å². The smallest absolute Gasteiger partial charge is 0.307 e. The molecule has 0 aromatic rings. The number of fused-ring (bicyclic) bond motifs is 2. The molecular formula is C19H27NO3. The Bertz CT molecular complexity index is 576. The van der Waals surface area contributed by atoms with Gasteiger partial charge in [0.1, 0.15) is 5.54 Å². The molecule has 0 aromatic heterocycles. The number of allylic oxidation sites excluding steroid dienone is 2. The van der Waals surface area contributed by atoms with Crippen molar-refractivity contribution in [3.05, 3.63) is 11.1 Å². The summed E-state index contributed by atoms with van der Waals surface area (Å²) in [6, 6.07) is 0. The van der Waals surface area contributed by atoms with Gasteiger partial charge in [-0.3, -0.25) is 9.59 Å². The Hall–Kier alpha value is -1.76. The summed E-state index contributed by atoms with van der Waals surface area (Å²) in [5, 5.41) is 12.7. The first-order chi connectivity index (χ1) is 10.8. The second kappa shape index (κ2) is 6.39. The maximum Gasteiger partial charge on any atom is 0.307 e. The Balaban J connectivity index is 2.34. The minimum Gasteiger partial charge on any atom is -0.481 e. The second-order valence-electron chi connectivity index (χ2n) is 7.06. The summed E-state index contributed by atoms with van der Waals surface area (Å²) in [6.45, 7) is 7.93. The largest absolute Gasteiger partial charge is 0.481 e. The Labute approximate surface area is 138 Å². The average molecular weight is 317 g/mol. The number of rotatable bonds is 5. The molecule has 0 heterocycles. The molecule has 2 N–H and O–H groups in total. The zero-order valence-corrected chi connectivity index (χ0v) is 14.5. The van der Waals surface area contributed by atoms with Crippen molar-refractivity contribution in [2.45, 2.75) is 58.9 Å². The van der Waals surface area contributed by atoms with E-state index in [1.165, 1.54) is 5.57 Å². The minimum atomic E-state index is -0.865. The van der Waals surface area contributed by atoms with E-state index in [2.05, 4.69) is 11.2 Å². The van der Waals surface area contributed by atoms with Crippen molar-refractivity contribution in [2.75, 3.05) is 0 Å². The summed E-state index contributed by atoms with van der Waals surface area (Å²) in [6.07, 6.45) is 8.67. The van der Waals surface area contributed by atoms with Crippen molar-refractivity contribution in [1.29, 1.82) is 0 Å². The highest BCUT2D eigenvalue weighted by atomic mass is 16.4. The molecule has 1 amide bonds. The standard InChI is InChI=1S/C19H27NO3/c1-6-19(7-2,8-3)20-17(21)15-12-9-10-13(14(12)11(4)5)16(15)18(22)23/h1,12-13,15-16H,7-10H2,2-5H3,(H,20,21)(H,22,23)/t12-,13-,15-,16-/m0/s1. The molecule has 2 saturated carbocycles. The van der Waals surface area contributed by atoms with E-state index in [1.807, 2.05) is 27.7 Å². The van der Waals surface area contributed by atoms with Gasteiger partial charge >= 0.3 is 5.97 Å². The maximum absolute atomic E-state index is 12.9. The topological polar surface area (TPSA) is 66.4 Å². The lowest BCUT2D eigenvalue weighted by molar-refractivity contribution is -0.149. The Kier molecular flexibility index (Phi) is 4.89. The van der Waals surface area contributed by atoms with Crippen LogP contribution in [0.3, 0.4) is 0 Å². The average Bonchev–Trinajstić information content (AvgIpc) is 3.08. The van der Waals surface area contributed by atoms with Crippen LogP contribution in [0.15, 0.2) is 11.1 Å². The van der Waals surface area contributed by atoms with E-state index >= 15 is 0 Å². The fourth-order valence-corrected chi connectivity index (χ4v) is 4.59. The third kappa shape index (κ3) is 2.78. The van der Waals surface area contributed by atoms with Gasteiger partial charge in [0, 0.05) is 0 Å². The molecule has 0 aliphatic heterocycles.